The first-order valence-corrected chi connectivity index (χ1v) is 3.08. The molecule has 0 spiro atoms. The Hall–Kier alpha value is -1.35. The zero-order chi connectivity index (χ0) is 7.40. The number of benzene rings is 1. The van der Waals surface area contributed by atoms with Gasteiger partial charge in [0.05, 0.1) is 5.71 Å². The van der Waals surface area contributed by atoms with Crippen molar-refractivity contribution < 1.29 is 10.7 Å². The maximum absolute atomic E-state index is 8.38. The van der Waals surface area contributed by atoms with E-state index in [-0.39, 0.29) is 5.48 Å². The number of hydrogen-bond acceptors (Lipinski definition) is 2. The van der Waals surface area contributed by atoms with Crippen molar-refractivity contribution in [2.45, 2.75) is 6.92 Å². The number of oxime groups is 1. The summed E-state index contributed by atoms with van der Waals surface area (Å²) in [6.07, 6.45) is 0. The Labute approximate surface area is 65.3 Å². The molecule has 0 aliphatic rings. The lowest BCUT2D eigenvalue weighted by Crippen LogP contribution is -1.92. The Morgan fingerprint density at radius 3 is 2.27 bits per heavy atom. The quantitative estimate of drug-likeness (QED) is 0.366. The van der Waals surface area contributed by atoms with Crippen LogP contribution in [0, 0.1) is 0 Å². The van der Waals surface area contributed by atoms with Crippen LogP contribution in [-0.4, -0.2) is 16.4 Å². The van der Waals surface area contributed by atoms with E-state index in [2.05, 4.69) is 5.16 Å². The van der Waals surface area contributed by atoms with E-state index in [1.54, 1.807) is 6.92 Å². The van der Waals surface area contributed by atoms with Gasteiger partial charge in [-0.3, -0.25) is 0 Å². The SMILES string of the molecule is C/C(=N/O)c1ccccc1.O. The van der Waals surface area contributed by atoms with E-state index in [1.807, 2.05) is 30.3 Å². The molecule has 0 saturated carbocycles. The maximum atomic E-state index is 8.38. The van der Waals surface area contributed by atoms with Gasteiger partial charge in [-0.05, 0) is 12.5 Å². The third-order valence-corrected chi connectivity index (χ3v) is 1.34. The molecule has 1 rings (SSSR count). The first-order chi connectivity index (χ1) is 4.84. The Morgan fingerprint density at radius 2 is 1.82 bits per heavy atom. The van der Waals surface area contributed by atoms with E-state index in [0.29, 0.717) is 5.71 Å². The summed E-state index contributed by atoms with van der Waals surface area (Å²) in [5.74, 6) is 0. The number of hydrogen-bond donors (Lipinski definition) is 1. The Balaban J connectivity index is 0.000001000. The van der Waals surface area contributed by atoms with Crippen LogP contribution < -0.4 is 0 Å². The van der Waals surface area contributed by atoms with Crippen molar-refractivity contribution in [1.29, 1.82) is 0 Å². The summed E-state index contributed by atoms with van der Waals surface area (Å²) < 4.78 is 0. The van der Waals surface area contributed by atoms with Crippen molar-refractivity contribution in [3.63, 3.8) is 0 Å². The molecule has 3 heteroatoms. The molecule has 0 bridgehead atoms. The van der Waals surface area contributed by atoms with Crippen molar-refractivity contribution >= 4 is 5.71 Å². The molecule has 3 N–H and O–H groups in total. The van der Waals surface area contributed by atoms with Crippen molar-refractivity contribution in [2.24, 2.45) is 5.16 Å². The average Bonchev–Trinajstić information content (AvgIpc) is 2.05. The summed E-state index contributed by atoms with van der Waals surface area (Å²) >= 11 is 0. The molecule has 0 aliphatic carbocycles. The third-order valence-electron chi connectivity index (χ3n) is 1.34. The van der Waals surface area contributed by atoms with E-state index in [0.717, 1.165) is 5.56 Å². The molecule has 0 aliphatic heterocycles. The van der Waals surface area contributed by atoms with E-state index >= 15 is 0 Å². The second-order valence-electron chi connectivity index (χ2n) is 2.05. The van der Waals surface area contributed by atoms with Crippen LogP contribution in [0.25, 0.3) is 0 Å². The van der Waals surface area contributed by atoms with Gasteiger partial charge in [0.2, 0.25) is 0 Å². The largest absolute Gasteiger partial charge is 0.412 e. The summed E-state index contributed by atoms with van der Waals surface area (Å²) in [4.78, 5) is 0. The fourth-order valence-corrected chi connectivity index (χ4v) is 0.737. The highest BCUT2D eigenvalue weighted by molar-refractivity contribution is 5.98. The van der Waals surface area contributed by atoms with Gasteiger partial charge >= 0.3 is 0 Å². The van der Waals surface area contributed by atoms with Gasteiger partial charge in [0.1, 0.15) is 0 Å². The lowest BCUT2D eigenvalue weighted by Gasteiger charge is -1.94. The van der Waals surface area contributed by atoms with Crippen LogP contribution in [-0.2, 0) is 0 Å². The van der Waals surface area contributed by atoms with Crippen LogP contribution in [0.1, 0.15) is 12.5 Å². The fourth-order valence-electron chi connectivity index (χ4n) is 0.737. The predicted molar refractivity (Wildman–Crippen MR) is 44.1 cm³/mol. The fraction of sp³-hybridized carbons (Fsp3) is 0.125. The first kappa shape index (κ1) is 9.65. The van der Waals surface area contributed by atoms with Crippen LogP contribution >= 0.6 is 0 Å². The van der Waals surface area contributed by atoms with Gasteiger partial charge in [-0.25, -0.2) is 0 Å². The monoisotopic (exact) mass is 153 g/mol. The van der Waals surface area contributed by atoms with Crippen LogP contribution in [0.3, 0.4) is 0 Å². The Kier molecular flexibility index (Phi) is 3.92. The molecule has 0 heterocycles. The first-order valence-electron chi connectivity index (χ1n) is 3.08. The van der Waals surface area contributed by atoms with Gasteiger partial charge in [-0.15, -0.1) is 0 Å². The van der Waals surface area contributed by atoms with E-state index in [4.69, 9.17) is 5.21 Å². The molecular formula is C8H11NO2. The normalized spacial score (nSPS) is 10.5. The molecule has 3 nitrogen and oxygen atoms in total. The van der Waals surface area contributed by atoms with Crippen LogP contribution in [0.5, 0.6) is 0 Å². The minimum Gasteiger partial charge on any atom is -0.412 e. The summed E-state index contributed by atoms with van der Waals surface area (Å²) in [6.45, 7) is 1.76. The predicted octanol–water partition coefficient (Wildman–Crippen LogP) is 1.06. The topological polar surface area (TPSA) is 64.1 Å². The second-order valence-corrected chi connectivity index (χ2v) is 2.05. The highest BCUT2D eigenvalue weighted by Gasteiger charge is 1.92. The molecule has 0 radical (unpaired) electrons. The molecular weight excluding hydrogens is 142 g/mol. The van der Waals surface area contributed by atoms with Gasteiger partial charge in [0.25, 0.3) is 0 Å². The molecule has 11 heavy (non-hydrogen) atoms. The summed E-state index contributed by atoms with van der Waals surface area (Å²) in [5, 5.41) is 11.5. The van der Waals surface area contributed by atoms with Gasteiger partial charge < -0.3 is 10.7 Å². The number of nitrogens with zero attached hydrogens (tertiary/aromatic N) is 1. The third kappa shape index (κ3) is 2.39. The lowest BCUT2D eigenvalue weighted by atomic mass is 10.1. The van der Waals surface area contributed by atoms with Gasteiger partial charge in [-0.2, -0.15) is 0 Å². The van der Waals surface area contributed by atoms with Gasteiger partial charge in [0, 0.05) is 0 Å². The molecule has 60 valence electrons. The summed E-state index contributed by atoms with van der Waals surface area (Å²) in [5.41, 5.74) is 1.59. The van der Waals surface area contributed by atoms with Crippen molar-refractivity contribution in [3.05, 3.63) is 35.9 Å². The smallest absolute Gasteiger partial charge is 0.0836 e. The maximum Gasteiger partial charge on any atom is 0.0836 e. The molecule has 0 amide bonds. The highest BCUT2D eigenvalue weighted by Crippen LogP contribution is 1.99. The van der Waals surface area contributed by atoms with Crippen LogP contribution in [0.2, 0.25) is 0 Å². The molecule has 1 aromatic rings. The second kappa shape index (κ2) is 4.46. The summed E-state index contributed by atoms with van der Waals surface area (Å²) in [7, 11) is 0. The highest BCUT2D eigenvalue weighted by atomic mass is 16.4. The molecule has 1 aromatic carbocycles. The van der Waals surface area contributed by atoms with Crippen molar-refractivity contribution in [2.75, 3.05) is 0 Å². The van der Waals surface area contributed by atoms with Crippen LogP contribution in [0.4, 0.5) is 0 Å². The minimum absolute atomic E-state index is 0. The lowest BCUT2D eigenvalue weighted by molar-refractivity contribution is 0.319. The van der Waals surface area contributed by atoms with Crippen LogP contribution in [0.15, 0.2) is 35.5 Å². The molecule has 0 fully saturated rings. The zero-order valence-corrected chi connectivity index (χ0v) is 6.28. The average molecular weight is 153 g/mol. The molecule has 0 atom stereocenters. The minimum atomic E-state index is 0. The Morgan fingerprint density at radius 1 is 1.27 bits per heavy atom. The summed E-state index contributed by atoms with van der Waals surface area (Å²) in [6, 6.07) is 9.53. The van der Waals surface area contributed by atoms with Crippen molar-refractivity contribution in [1.82, 2.24) is 0 Å². The van der Waals surface area contributed by atoms with E-state index < -0.39 is 0 Å². The van der Waals surface area contributed by atoms with Gasteiger partial charge in [-0.1, -0.05) is 35.5 Å². The van der Waals surface area contributed by atoms with Crippen molar-refractivity contribution in [3.8, 4) is 0 Å². The van der Waals surface area contributed by atoms with Gasteiger partial charge in [0.15, 0.2) is 0 Å². The molecule has 0 saturated heterocycles. The Bertz CT molecular complexity index is 231. The van der Waals surface area contributed by atoms with E-state index in [1.165, 1.54) is 0 Å². The molecule has 0 unspecified atom stereocenters. The number of rotatable bonds is 1. The molecule has 0 aromatic heterocycles. The standard InChI is InChI=1S/C8H9NO.H2O/c1-7(9-10)8-5-3-2-4-6-8;/h2-6,10H,1H3;1H2/b9-7-;. The van der Waals surface area contributed by atoms with E-state index in [9.17, 15) is 0 Å². The zero-order valence-electron chi connectivity index (χ0n) is 6.28.